The zero-order chi connectivity index (χ0) is 23.0. The van der Waals surface area contributed by atoms with Crippen LogP contribution in [0.1, 0.15) is 66.2 Å². The summed E-state index contributed by atoms with van der Waals surface area (Å²) >= 11 is 0. The van der Waals surface area contributed by atoms with Crippen molar-refractivity contribution in [3.63, 3.8) is 0 Å². The molecule has 3 rings (SSSR count). The third-order valence-electron chi connectivity index (χ3n) is 6.42. The van der Waals surface area contributed by atoms with Crippen LogP contribution in [0.25, 0.3) is 0 Å². The van der Waals surface area contributed by atoms with E-state index in [-0.39, 0.29) is 11.5 Å². The monoisotopic (exact) mass is 436 g/mol. The molecule has 2 aliphatic carbocycles. The zero-order valence-corrected chi connectivity index (χ0v) is 18.6. The number of hydrogen-bond acceptors (Lipinski definition) is 6. The molecule has 0 aromatic rings. The lowest BCUT2D eigenvalue weighted by Crippen LogP contribution is -2.51. The lowest BCUT2D eigenvalue weighted by atomic mass is 9.67. The highest BCUT2D eigenvalue weighted by molar-refractivity contribution is 6.09. The zero-order valence-electron chi connectivity index (χ0n) is 18.6. The molecular weight excluding hydrogens is 404 g/mol. The van der Waals surface area contributed by atoms with Crippen LogP contribution >= 0.6 is 0 Å². The second-order valence-electron chi connectivity index (χ2n) is 9.91. The minimum Gasteiger partial charge on any atom is -0.451 e. The molecular formula is C21H32N4O6. The van der Waals surface area contributed by atoms with Crippen molar-refractivity contribution in [2.24, 2.45) is 11.3 Å². The van der Waals surface area contributed by atoms with Gasteiger partial charge in [0.25, 0.3) is 11.8 Å². The highest BCUT2D eigenvalue weighted by Crippen LogP contribution is 2.43. The van der Waals surface area contributed by atoms with E-state index in [1.165, 1.54) is 6.92 Å². The molecule has 3 fully saturated rings. The molecule has 1 aliphatic heterocycles. The lowest BCUT2D eigenvalue weighted by Gasteiger charge is -2.40. The fourth-order valence-corrected chi connectivity index (χ4v) is 4.22. The topological polar surface area (TPSA) is 134 Å². The molecule has 1 spiro atoms. The summed E-state index contributed by atoms with van der Waals surface area (Å²) in [5, 5.41) is 7.47. The van der Waals surface area contributed by atoms with E-state index in [1.54, 1.807) is 0 Å². The molecule has 31 heavy (non-hydrogen) atoms. The number of rotatable bonds is 5. The summed E-state index contributed by atoms with van der Waals surface area (Å²) in [5.41, 5.74) is -0.841. The van der Waals surface area contributed by atoms with E-state index in [1.807, 2.05) is 0 Å². The number of carbonyl (C=O) groups excluding carboxylic acids is 5. The quantitative estimate of drug-likeness (QED) is 0.441. The molecule has 1 heterocycles. The van der Waals surface area contributed by atoms with Crippen molar-refractivity contribution < 1.29 is 28.7 Å². The predicted octanol–water partition coefficient (Wildman–Crippen LogP) is 1.43. The fraction of sp³-hybridized carbons (Fsp3) is 0.762. The number of esters is 1. The predicted molar refractivity (Wildman–Crippen MR) is 110 cm³/mol. The maximum Gasteiger partial charge on any atom is 0.327 e. The number of nitrogens with one attached hydrogen (secondary N) is 3. The molecule has 6 amide bonds. The highest BCUT2D eigenvalue weighted by atomic mass is 16.5. The Kier molecular flexibility index (Phi) is 6.29. The maximum absolute atomic E-state index is 13.0. The van der Waals surface area contributed by atoms with Crippen molar-refractivity contribution in [2.45, 2.75) is 83.9 Å². The second kappa shape index (κ2) is 8.47. The first-order valence-corrected chi connectivity index (χ1v) is 10.9. The summed E-state index contributed by atoms with van der Waals surface area (Å²) in [5.74, 6) is -1.64. The number of imide groups is 2. The Morgan fingerprint density at radius 2 is 1.77 bits per heavy atom. The first-order chi connectivity index (χ1) is 14.4. The number of amides is 6. The van der Waals surface area contributed by atoms with Gasteiger partial charge in [-0.2, -0.15) is 0 Å². The number of carbonyl (C=O) groups is 5. The van der Waals surface area contributed by atoms with E-state index in [0.29, 0.717) is 18.8 Å². The summed E-state index contributed by atoms with van der Waals surface area (Å²) in [4.78, 5) is 62.1. The second-order valence-corrected chi connectivity index (χ2v) is 9.91. The Morgan fingerprint density at radius 1 is 1.16 bits per heavy atom. The molecule has 172 valence electrons. The Balaban J connectivity index is 1.50. The number of urea groups is 2. The Morgan fingerprint density at radius 3 is 2.32 bits per heavy atom. The van der Waals surface area contributed by atoms with E-state index in [0.717, 1.165) is 30.6 Å². The van der Waals surface area contributed by atoms with Gasteiger partial charge in [-0.25, -0.2) is 9.59 Å². The fourth-order valence-electron chi connectivity index (χ4n) is 4.22. The van der Waals surface area contributed by atoms with E-state index in [2.05, 4.69) is 36.7 Å². The van der Waals surface area contributed by atoms with Crippen LogP contribution in [0.15, 0.2) is 0 Å². The van der Waals surface area contributed by atoms with Crippen LogP contribution in [0.4, 0.5) is 9.59 Å². The third-order valence-corrected chi connectivity index (χ3v) is 6.42. The van der Waals surface area contributed by atoms with Crippen molar-refractivity contribution >= 4 is 29.8 Å². The number of ether oxygens (including phenoxy) is 1. The molecule has 10 nitrogen and oxygen atoms in total. The van der Waals surface area contributed by atoms with Crippen LogP contribution in [-0.4, -0.2) is 59.0 Å². The Bertz CT molecular complexity index is 777. The summed E-state index contributed by atoms with van der Waals surface area (Å²) in [6.45, 7) is 7.24. The number of nitrogens with zero attached hydrogens (tertiary/aromatic N) is 1. The average molecular weight is 437 g/mol. The molecule has 10 heteroatoms. The molecule has 1 atom stereocenters. The van der Waals surface area contributed by atoms with Crippen LogP contribution in [0.5, 0.6) is 0 Å². The highest BCUT2D eigenvalue weighted by Gasteiger charge is 2.53. The standard InChI is InChI=1S/C21H32N4O6/c1-12(16(27)23-18(29)22-14-5-6-14)31-15(26)11-25-17(28)21(24-19(25)30)9-7-13(8-10-21)20(2,3)4/h12-14H,5-11H2,1-4H3,(H,24,30)(H2,22,23,27,29). The molecule has 3 aliphatic rings. The van der Waals surface area contributed by atoms with Gasteiger partial charge in [-0.3, -0.25) is 24.6 Å². The van der Waals surface area contributed by atoms with Crippen molar-refractivity contribution in [3.05, 3.63) is 0 Å². The van der Waals surface area contributed by atoms with Gasteiger partial charge in [0.05, 0.1) is 0 Å². The molecule has 1 saturated heterocycles. The van der Waals surface area contributed by atoms with Crippen molar-refractivity contribution in [3.8, 4) is 0 Å². The molecule has 0 radical (unpaired) electrons. The van der Waals surface area contributed by atoms with E-state index < -0.39 is 48.0 Å². The van der Waals surface area contributed by atoms with Gasteiger partial charge in [0, 0.05) is 6.04 Å². The Hall–Kier alpha value is -2.65. The summed E-state index contributed by atoms with van der Waals surface area (Å²) < 4.78 is 5.02. The normalized spacial score (nSPS) is 27.0. The minimum absolute atomic E-state index is 0.0798. The number of hydrogen-bond donors (Lipinski definition) is 3. The van der Waals surface area contributed by atoms with Gasteiger partial charge in [-0.1, -0.05) is 20.8 Å². The van der Waals surface area contributed by atoms with Crippen molar-refractivity contribution in [1.29, 1.82) is 0 Å². The summed E-state index contributed by atoms with van der Waals surface area (Å²) in [6.07, 6.45) is 3.18. The SMILES string of the molecule is CC(OC(=O)CN1C(=O)NC2(CCC(C(C)(C)C)CC2)C1=O)C(=O)NC(=O)NC1CC1. The minimum atomic E-state index is -1.24. The lowest BCUT2D eigenvalue weighted by molar-refractivity contribution is -0.156. The average Bonchev–Trinajstić information content (AvgIpc) is 3.45. The summed E-state index contributed by atoms with van der Waals surface area (Å²) in [7, 11) is 0. The Labute approximate surface area is 181 Å². The van der Waals surface area contributed by atoms with E-state index >= 15 is 0 Å². The first-order valence-electron chi connectivity index (χ1n) is 10.9. The van der Waals surface area contributed by atoms with E-state index in [4.69, 9.17) is 4.74 Å². The van der Waals surface area contributed by atoms with Gasteiger partial charge in [-0.05, 0) is 56.8 Å². The van der Waals surface area contributed by atoms with Gasteiger partial charge in [0.1, 0.15) is 12.1 Å². The van der Waals surface area contributed by atoms with Crippen LogP contribution in [0.2, 0.25) is 0 Å². The maximum atomic E-state index is 13.0. The third kappa shape index (κ3) is 5.34. The van der Waals surface area contributed by atoms with Gasteiger partial charge in [-0.15, -0.1) is 0 Å². The molecule has 0 aromatic heterocycles. The van der Waals surface area contributed by atoms with Crippen molar-refractivity contribution in [1.82, 2.24) is 20.9 Å². The molecule has 0 aromatic carbocycles. The molecule has 0 bridgehead atoms. The molecule has 3 N–H and O–H groups in total. The van der Waals surface area contributed by atoms with E-state index in [9.17, 15) is 24.0 Å². The molecule has 1 unspecified atom stereocenters. The summed E-state index contributed by atoms with van der Waals surface area (Å²) in [6, 6.07) is -1.19. The first kappa shape index (κ1) is 23.0. The van der Waals surface area contributed by atoms with Crippen LogP contribution < -0.4 is 16.0 Å². The largest absolute Gasteiger partial charge is 0.451 e. The van der Waals surface area contributed by atoms with Crippen LogP contribution in [0, 0.1) is 11.3 Å². The van der Waals surface area contributed by atoms with Crippen LogP contribution in [0.3, 0.4) is 0 Å². The van der Waals surface area contributed by atoms with Crippen molar-refractivity contribution in [2.75, 3.05) is 6.54 Å². The van der Waals surface area contributed by atoms with Gasteiger partial charge in [0.2, 0.25) is 0 Å². The van der Waals surface area contributed by atoms with Crippen LogP contribution in [-0.2, 0) is 19.1 Å². The van der Waals surface area contributed by atoms with Gasteiger partial charge in [0.15, 0.2) is 6.10 Å². The van der Waals surface area contributed by atoms with Gasteiger partial charge < -0.3 is 15.4 Å². The van der Waals surface area contributed by atoms with Gasteiger partial charge >= 0.3 is 18.0 Å². The molecule has 2 saturated carbocycles. The smallest absolute Gasteiger partial charge is 0.327 e.